The quantitative estimate of drug-likeness (QED) is 0.581. The van der Waals surface area contributed by atoms with E-state index in [1.807, 2.05) is 0 Å². The molecule has 100 valence electrons. The van der Waals surface area contributed by atoms with Gasteiger partial charge in [0, 0.05) is 13.0 Å². The van der Waals surface area contributed by atoms with Gasteiger partial charge < -0.3 is 10.5 Å². The largest absolute Gasteiger partial charge is 0.469 e. The van der Waals surface area contributed by atoms with Crippen LogP contribution in [0.2, 0.25) is 0 Å². The fraction of sp³-hybridized carbons (Fsp3) is 0.900. The van der Waals surface area contributed by atoms with Crippen molar-refractivity contribution in [3.63, 3.8) is 0 Å². The molecule has 0 aromatic heterocycles. The highest BCUT2D eigenvalue weighted by Crippen LogP contribution is 2.43. The molecule has 1 aliphatic carbocycles. The van der Waals surface area contributed by atoms with Gasteiger partial charge in [0.2, 0.25) is 10.0 Å². The number of carbonyl (C=O) groups excluding carboxylic acids is 1. The van der Waals surface area contributed by atoms with Gasteiger partial charge in [0.05, 0.1) is 12.9 Å². The van der Waals surface area contributed by atoms with Gasteiger partial charge in [0.1, 0.15) is 0 Å². The van der Waals surface area contributed by atoms with Crippen LogP contribution in [0, 0.1) is 5.41 Å². The van der Waals surface area contributed by atoms with Crippen molar-refractivity contribution >= 4 is 16.0 Å². The Labute approximate surface area is 102 Å². The Bertz CT molecular complexity index is 363. The molecule has 0 atom stereocenters. The first-order valence-electron chi connectivity index (χ1n) is 5.67. The lowest BCUT2D eigenvalue weighted by Crippen LogP contribution is -2.35. The first-order chi connectivity index (χ1) is 7.93. The Kier molecular flexibility index (Phi) is 4.91. The molecule has 3 N–H and O–H groups in total. The summed E-state index contributed by atoms with van der Waals surface area (Å²) in [4.78, 5) is 10.8. The first-order valence-corrected chi connectivity index (χ1v) is 7.32. The van der Waals surface area contributed by atoms with Crippen molar-refractivity contribution in [2.24, 2.45) is 11.1 Å². The van der Waals surface area contributed by atoms with Gasteiger partial charge >= 0.3 is 5.97 Å². The summed E-state index contributed by atoms with van der Waals surface area (Å²) in [6.45, 7) is 0.918. The number of hydrogen-bond acceptors (Lipinski definition) is 5. The first kappa shape index (κ1) is 14.4. The van der Waals surface area contributed by atoms with Gasteiger partial charge in [0.25, 0.3) is 0 Å². The van der Waals surface area contributed by atoms with Crippen LogP contribution in [0.5, 0.6) is 0 Å². The second-order valence-electron chi connectivity index (χ2n) is 4.52. The summed E-state index contributed by atoms with van der Waals surface area (Å²) in [5, 5.41) is 0. The molecule has 0 aromatic rings. The minimum absolute atomic E-state index is 0.0184. The van der Waals surface area contributed by atoms with E-state index < -0.39 is 10.0 Å². The van der Waals surface area contributed by atoms with Gasteiger partial charge in [-0.3, -0.25) is 4.79 Å². The minimum Gasteiger partial charge on any atom is -0.469 e. The summed E-state index contributed by atoms with van der Waals surface area (Å²) in [5.74, 6) is -0.441. The van der Waals surface area contributed by atoms with Crippen molar-refractivity contribution in [3.05, 3.63) is 0 Å². The van der Waals surface area contributed by atoms with Crippen molar-refractivity contribution in [1.82, 2.24) is 4.72 Å². The topological polar surface area (TPSA) is 98.5 Å². The monoisotopic (exact) mass is 264 g/mol. The summed E-state index contributed by atoms with van der Waals surface area (Å²) in [6.07, 6.45) is 2.36. The molecule has 0 spiro atoms. The third-order valence-electron chi connectivity index (χ3n) is 3.08. The number of rotatable bonds is 8. The van der Waals surface area contributed by atoms with Gasteiger partial charge in [-0.05, 0) is 31.2 Å². The molecule has 1 fully saturated rings. The van der Waals surface area contributed by atoms with Crippen molar-refractivity contribution in [2.75, 3.05) is 26.0 Å². The second-order valence-corrected chi connectivity index (χ2v) is 6.45. The summed E-state index contributed by atoms with van der Waals surface area (Å²) >= 11 is 0. The van der Waals surface area contributed by atoms with Gasteiger partial charge in [-0.15, -0.1) is 0 Å². The molecule has 0 aromatic carbocycles. The Morgan fingerprint density at radius 3 is 2.59 bits per heavy atom. The molecule has 0 bridgehead atoms. The summed E-state index contributed by atoms with van der Waals surface area (Å²) < 4.78 is 30.2. The van der Waals surface area contributed by atoms with Crippen LogP contribution >= 0.6 is 0 Å². The van der Waals surface area contributed by atoms with Gasteiger partial charge in [-0.2, -0.15) is 0 Å². The summed E-state index contributed by atoms with van der Waals surface area (Å²) in [7, 11) is -2.02. The molecule has 0 heterocycles. The number of ether oxygens (including phenoxy) is 1. The molecular formula is C10H20N2O4S. The van der Waals surface area contributed by atoms with Gasteiger partial charge in [-0.1, -0.05) is 0 Å². The lowest BCUT2D eigenvalue weighted by molar-refractivity contribution is -0.140. The molecular weight excluding hydrogens is 244 g/mol. The average molecular weight is 264 g/mol. The van der Waals surface area contributed by atoms with E-state index in [-0.39, 0.29) is 30.0 Å². The highest BCUT2D eigenvalue weighted by Gasteiger charge is 2.41. The van der Waals surface area contributed by atoms with E-state index in [1.165, 1.54) is 7.11 Å². The number of esters is 1. The van der Waals surface area contributed by atoms with E-state index in [0.29, 0.717) is 13.1 Å². The molecule has 0 unspecified atom stereocenters. The highest BCUT2D eigenvalue weighted by atomic mass is 32.2. The van der Waals surface area contributed by atoms with Crippen molar-refractivity contribution in [1.29, 1.82) is 0 Å². The maximum atomic E-state index is 11.6. The molecule has 1 saturated carbocycles. The number of carbonyl (C=O) groups is 1. The Hall–Kier alpha value is -0.660. The molecule has 7 heteroatoms. The summed E-state index contributed by atoms with van der Waals surface area (Å²) in [6, 6.07) is 0. The van der Waals surface area contributed by atoms with E-state index in [0.717, 1.165) is 12.8 Å². The molecule has 0 radical (unpaired) electrons. The zero-order valence-corrected chi connectivity index (χ0v) is 10.9. The molecule has 6 nitrogen and oxygen atoms in total. The van der Waals surface area contributed by atoms with Gasteiger partial charge in [0.15, 0.2) is 0 Å². The molecule has 1 aliphatic rings. The average Bonchev–Trinajstić information content (AvgIpc) is 3.07. The van der Waals surface area contributed by atoms with E-state index in [9.17, 15) is 13.2 Å². The fourth-order valence-electron chi connectivity index (χ4n) is 1.47. The fourth-order valence-corrected chi connectivity index (χ4v) is 2.67. The van der Waals surface area contributed by atoms with E-state index in [1.54, 1.807) is 0 Å². The van der Waals surface area contributed by atoms with E-state index in [2.05, 4.69) is 9.46 Å². The third-order valence-corrected chi connectivity index (χ3v) is 4.49. The Morgan fingerprint density at radius 1 is 1.47 bits per heavy atom. The van der Waals surface area contributed by atoms with Crippen LogP contribution in [0.3, 0.4) is 0 Å². The van der Waals surface area contributed by atoms with Crippen LogP contribution in [-0.2, 0) is 19.6 Å². The Balaban J connectivity index is 2.24. The maximum absolute atomic E-state index is 11.6. The Morgan fingerprint density at radius 2 is 2.12 bits per heavy atom. The predicted molar refractivity (Wildman–Crippen MR) is 63.8 cm³/mol. The smallest absolute Gasteiger partial charge is 0.305 e. The molecule has 1 rings (SSSR count). The highest BCUT2D eigenvalue weighted by molar-refractivity contribution is 7.89. The molecule has 17 heavy (non-hydrogen) atoms. The number of methoxy groups -OCH3 is 1. The van der Waals surface area contributed by atoms with E-state index >= 15 is 0 Å². The maximum Gasteiger partial charge on any atom is 0.305 e. The molecule has 0 amide bonds. The van der Waals surface area contributed by atoms with Crippen LogP contribution in [0.25, 0.3) is 0 Å². The lowest BCUT2D eigenvalue weighted by atomic mass is 10.1. The van der Waals surface area contributed by atoms with Crippen LogP contribution < -0.4 is 10.5 Å². The zero-order chi connectivity index (χ0) is 12.9. The minimum atomic E-state index is -3.30. The van der Waals surface area contributed by atoms with Crippen LogP contribution in [0.1, 0.15) is 25.7 Å². The summed E-state index contributed by atoms with van der Waals surface area (Å²) in [5.41, 5.74) is 5.54. The van der Waals surface area contributed by atoms with Crippen LogP contribution in [0.15, 0.2) is 0 Å². The SMILES string of the molecule is COC(=O)CCCS(=O)(=O)NCC1(CN)CC1. The molecule has 0 aliphatic heterocycles. The lowest BCUT2D eigenvalue weighted by Gasteiger charge is -2.13. The zero-order valence-electron chi connectivity index (χ0n) is 10.1. The standard InChI is InChI=1S/C10H20N2O4S/c1-16-9(13)3-2-6-17(14,15)12-8-10(7-11)4-5-10/h12H,2-8,11H2,1H3. The van der Waals surface area contributed by atoms with Crippen molar-refractivity contribution < 1.29 is 17.9 Å². The number of sulfonamides is 1. The number of nitrogens with one attached hydrogen (secondary N) is 1. The number of nitrogens with two attached hydrogens (primary N) is 1. The van der Waals surface area contributed by atoms with Crippen molar-refractivity contribution in [2.45, 2.75) is 25.7 Å². The van der Waals surface area contributed by atoms with Crippen LogP contribution in [-0.4, -0.2) is 40.3 Å². The van der Waals surface area contributed by atoms with Crippen LogP contribution in [0.4, 0.5) is 0 Å². The van der Waals surface area contributed by atoms with Crippen molar-refractivity contribution in [3.8, 4) is 0 Å². The second kappa shape index (κ2) is 5.79. The normalized spacial score (nSPS) is 17.8. The predicted octanol–water partition coefficient (Wildman–Crippen LogP) is -0.402. The van der Waals surface area contributed by atoms with E-state index in [4.69, 9.17) is 5.73 Å². The number of hydrogen-bond donors (Lipinski definition) is 2. The third kappa shape index (κ3) is 5.01. The molecule has 0 saturated heterocycles. The van der Waals surface area contributed by atoms with Gasteiger partial charge in [-0.25, -0.2) is 13.1 Å².